The molecule has 1 atom stereocenters. The Morgan fingerprint density at radius 2 is 1.94 bits per heavy atom. The summed E-state index contributed by atoms with van der Waals surface area (Å²) >= 11 is 5.99. The molecule has 1 aromatic rings. The fraction of sp³-hybridized carbons (Fsp3) is 0.692. The Kier molecular flexibility index (Phi) is 5.82. The highest BCUT2D eigenvalue weighted by molar-refractivity contribution is 6.29. The monoisotopic (exact) mass is 271 g/mol. The van der Waals surface area contributed by atoms with Crippen molar-refractivity contribution in [1.29, 1.82) is 0 Å². The maximum Gasteiger partial charge on any atom is 0.135 e. The lowest BCUT2D eigenvalue weighted by Crippen LogP contribution is -2.27. The zero-order chi connectivity index (χ0) is 13.7. The van der Waals surface area contributed by atoms with Crippen LogP contribution in [-0.4, -0.2) is 27.7 Å². The molecule has 0 aliphatic rings. The standard InChI is InChI=1S/C13H22ClN3O/c1-8(2)10(5-6-18)15-12-7-11(14)16-13(17-12)9(3)4/h7-10,18H,5-6H2,1-4H3,(H,15,16,17). The van der Waals surface area contributed by atoms with E-state index in [1.807, 2.05) is 13.8 Å². The molecule has 4 nitrogen and oxygen atoms in total. The molecule has 0 aromatic carbocycles. The lowest BCUT2D eigenvalue weighted by Gasteiger charge is -2.22. The van der Waals surface area contributed by atoms with Gasteiger partial charge in [-0.3, -0.25) is 0 Å². The van der Waals surface area contributed by atoms with Crippen molar-refractivity contribution in [2.45, 2.75) is 46.1 Å². The fourth-order valence-corrected chi connectivity index (χ4v) is 1.86. The molecule has 0 saturated heterocycles. The number of rotatable bonds is 6. The number of hydrogen-bond donors (Lipinski definition) is 2. The van der Waals surface area contributed by atoms with Gasteiger partial charge in [-0.05, 0) is 12.3 Å². The molecule has 1 aromatic heterocycles. The van der Waals surface area contributed by atoms with Crippen LogP contribution in [0.2, 0.25) is 5.15 Å². The van der Waals surface area contributed by atoms with Gasteiger partial charge < -0.3 is 10.4 Å². The molecule has 0 amide bonds. The zero-order valence-electron chi connectivity index (χ0n) is 11.4. The molecular formula is C13H22ClN3O. The lowest BCUT2D eigenvalue weighted by molar-refractivity contribution is 0.267. The molecule has 2 N–H and O–H groups in total. The van der Waals surface area contributed by atoms with Gasteiger partial charge >= 0.3 is 0 Å². The van der Waals surface area contributed by atoms with Crippen molar-refractivity contribution in [3.05, 3.63) is 17.0 Å². The number of hydrogen-bond acceptors (Lipinski definition) is 4. The smallest absolute Gasteiger partial charge is 0.135 e. The normalized spacial score (nSPS) is 13.1. The van der Waals surface area contributed by atoms with Crippen LogP contribution < -0.4 is 5.32 Å². The molecule has 1 rings (SSSR count). The highest BCUT2D eigenvalue weighted by atomic mass is 35.5. The highest BCUT2D eigenvalue weighted by Crippen LogP contribution is 2.19. The predicted octanol–water partition coefficient (Wildman–Crippen LogP) is 3.07. The van der Waals surface area contributed by atoms with Crippen molar-refractivity contribution >= 4 is 17.4 Å². The molecule has 0 fully saturated rings. The molecular weight excluding hydrogens is 250 g/mol. The van der Waals surface area contributed by atoms with Crippen LogP contribution in [0.5, 0.6) is 0 Å². The molecule has 5 heteroatoms. The molecule has 0 radical (unpaired) electrons. The first kappa shape index (κ1) is 15.2. The SMILES string of the molecule is CC(C)c1nc(Cl)cc(NC(CCO)C(C)C)n1. The van der Waals surface area contributed by atoms with Gasteiger partial charge in [-0.2, -0.15) is 0 Å². The van der Waals surface area contributed by atoms with Gasteiger partial charge in [-0.15, -0.1) is 0 Å². The van der Waals surface area contributed by atoms with Crippen LogP contribution in [0, 0.1) is 5.92 Å². The molecule has 0 bridgehead atoms. The molecule has 18 heavy (non-hydrogen) atoms. The van der Waals surface area contributed by atoms with Crippen molar-refractivity contribution < 1.29 is 5.11 Å². The number of nitrogens with zero attached hydrogens (tertiary/aromatic N) is 2. The molecule has 0 spiro atoms. The summed E-state index contributed by atoms with van der Waals surface area (Å²) in [6.07, 6.45) is 0.691. The summed E-state index contributed by atoms with van der Waals surface area (Å²) in [6.45, 7) is 8.44. The number of aliphatic hydroxyl groups is 1. The molecule has 0 saturated carbocycles. The molecule has 1 unspecified atom stereocenters. The summed E-state index contributed by atoms with van der Waals surface area (Å²) in [6, 6.07) is 1.90. The maximum absolute atomic E-state index is 9.06. The summed E-state index contributed by atoms with van der Waals surface area (Å²) in [5.74, 6) is 2.11. The van der Waals surface area contributed by atoms with Gasteiger partial charge in [0.1, 0.15) is 16.8 Å². The van der Waals surface area contributed by atoms with Crippen molar-refractivity contribution in [2.24, 2.45) is 5.92 Å². The Balaban J connectivity index is 2.88. The van der Waals surface area contributed by atoms with Crippen LogP contribution in [0.4, 0.5) is 5.82 Å². The van der Waals surface area contributed by atoms with E-state index in [1.54, 1.807) is 6.07 Å². The van der Waals surface area contributed by atoms with E-state index in [-0.39, 0.29) is 18.6 Å². The topological polar surface area (TPSA) is 58.0 Å². The highest BCUT2D eigenvalue weighted by Gasteiger charge is 2.14. The fourth-order valence-electron chi connectivity index (χ4n) is 1.67. The Hall–Kier alpha value is -0.870. The summed E-state index contributed by atoms with van der Waals surface area (Å²) in [5.41, 5.74) is 0. The Labute approximate surface area is 114 Å². The molecule has 0 aliphatic carbocycles. The van der Waals surface area contributed by atoms with Crippen molar-refractivity contribution in [1.82, 2.24) is 9.97 Å². The average Bonchev–Trinajstić information content (AvgIpc) is 2.27. The van der Waals surface area contributed by atoms with Gasteiger partial charge in [0.2, 0.25) is 0 Å². The van der Waals surface area contributed by atoms with E-state index in [9.17, 15) is 0 Å². The van der Waals surface area contributed by atoms with E-state index in [0.29, 0.717) is 17.5 Å². The van der Waals surface area contributed by atoms with E-state index in [2.05, 4.69) is 29.1 Å². The van der Waals surface area contributed by atoms with E-state index in [0.717, 1.165) is 11.6 Å². The van der Waals surface area contributed by atoms with E-state index < -0.39 is 0 Å². The first-order chi connectivity index (χ1) is 8.43. The number of anilines is 1. The van der Waals surface area contributed by atoms with Crippen LogP contribution in [0.15, 0.2) is 6.07 Å². The third-order valence-electron chi connectivity index (χ3n) is 2.81. The van der Waals surface area contributed by atoms with E-state index in [4.69, 9.17) is 16.7 Å². The van der Waals surface area contributed by atoms with Gasteiger partial charge in [0.15, 0.2) is 0 Å². The van der Waals surface area contributed by atoms with Crippen molar-refractivity contribution in [3.63, 3.8) is 0 Å². The Morgan fingerprint density at radius 1 is 1.28 bits per heavy atom. The minimum Gasteiger partial charge on any atom is -0.396 e. The van der Waals surface area contributed by atoms with Crippen LogP contribution in [0.3, 0.4) is 0 Å². The van der Waals surface area contributed by atoms with E-state index >= 15 is 0 Å². The Bertz CT molecular complexity index is 382. The van der Waals surface area contributed by atoms with Gasteiger partial charge in [-0.25, -0.2) is 9.97 Å². The van der Waals surface area contributed by atoms with Crippen LogP contribution in [0.25, 0.3) is 0 Å². The second-order valence-corrected chi connectivity index (χ2v) is 5.48. The maximum atomic E-state index is 9.06. The molecule has 0 aliphatic heterocycles. The summed E-state index contributed by atoms with van der Waals surface area (Å²) in [7, 11) is 0. The quantitative estimate of drug-likeness (QED) is 0.781. The lowest BCUT2D eigenvalue weighted by atomic mass is 10.0. The minimum atomic E-state index is 0.158. The van der Waals surface area contributed by atoms with Crippen LogP contribution in [-0.2, 0) is 0 Å². The summed E-state index contributed by atoms with van der Waals surface area (Å²) in [4.78, 5) is 8.65. The van der Waals surface area contributed by atoms with Gasteiger partial charge in [0.25, 0.3) is 0 Å². The largest absolute Gasteiger partial charge is 0.396 e. The first-order valence-electron chi connectivity index (χ1n) is 6.36. The number of aliphatic hydroxyl groups excluding tert-OH is 1. The minimum absolute atomic E-state index is 0.158. The number of aromatic nitrogens is 2. The van der Waals surface area contributed by atoms with Crippen molar-refractivity contribution in [3.8, 4) is 0 Å². The van der Waals surface area contributed by atoms with Gasteiger partial charge in [-0.1, -0.05) is 39.3 Å². The predicted molar refractivity (Wildman–Crippen MR) is 75.1 cm³/mol. The molecule has 1 heterocycles. The molecule has 102 valence electrons. The second kappa shape index (κ2) is 6.90. The van der Waals surface area contributed by atoms with Crippen LogP contribution in [0.1, 0.15) is 45.9 Å². The van der Waals surface area contributed by atoms with E-state index in [1.165, 1.54) is 0 Å². The first-order valence-corrected chi connectivity index (χ1v) is 6.73. The third-order valence-corrected chi connectivity index (χ3v) is 3.00. The average molecular weight is 272 g/mol. The zero-order valence-corrected chi connectivity index (χ0v) is 12.2. The summed E-state index contributed by atoms with van der Waals surface area (Å²) in [5, 5.41) is 12.8. The summed E-state index contributed by atoms with van der Waals surface area (Å²) < 4.78 is 0. The van der Waals surface area contributed by atoms with Gasteiger partial charge in [0, 0.05) is 24.6 Å². The Morgan fingerprint density at radius 3 is 2.44 bits per heavy atom. The number of nitrogens with one attached hydrogen (secondary N) is 1. The van der Waals surface area contributed by atoms with Crippen LogP contribution >= 0.6 is 11.6 Å². The third kappa shape index (κ3) is 4.42. The van der Waals surface area contributed by atoms with Gasteiger partial charge in [0.05, 0.1) is 0 Å². The van der Waals surface area contributed by atoms with Crippen molar-refractivity contribution in [2.75, 3.05) is 11.9 Å². The number of halogens is 1. The second-order valence-electron chi connectivity index (χ2n) is 5.10.